The van der Waals surface area contributed by atoms with Crippen molar-refractivity contribution in [2.75, 3.05) is 13.7 Å². The van der Waals surface area contributed by atoms with Crippen LogP contribution in [-0.2, 0) is 4.74 Å². The second kappa shape index (κ2) is 8.83. The number of ether oxygens (including phenoxy) is 1. The van der Waals surface area contributed by atoms with E-state index in [1.54, 1.807) is 7.11 Å². The average molecular weight is 86.4 g/mol. The topological polar surface area (TPSA) is 9.23 Å². The van der Waals surface area contributed by atoms with Gasteiger partial charge < -0.3 is 4.74 Å². The van der Waals surface area contributed by atoms with Gasteiger partial charge in [-0.05, 0) is 6.92 Å². The van der Waals surface area contributed by atoms with Crippen LogP contribution in [-0.4, -0.2) is 36.8 Å². The summed E-state index contributed by atoms with van der Waals surface area (Å²) in [6, 6.07) is 0. The van der Waals surface area contributed by atoms with Crippen LogP contribution in [0.4, 0.5) is 0 Å². The van der Waals surface area contributed by atoms with Crippen molar-refractivity contribution in [2.45, 2.75) is 6.92 Å². The molecule has 1 nitrogen and oxygen atoms in total. The van der Waals surface area contributed by atoms with Gasteiger partial charge in [-0.1, -0.05) is 0 Å². The Kier molecular flexibility index (Phi) is 16.3. The molecule has 0 atom stereocenters. The zero-order chi connectivity index (χ0) is 3.41. The minimum atomic E-state index is 0. The number of rotatable bonds is 1. The van der Waals surface area contributed by atoms with Crippen LogP contribution in [0.2, 0.25) is 0 Å². The van der Waals surface area contributed by atoms with E-state index < -0.39 is 0 Å². The molecule has 0 rings (SSSR count). The molecule has 0 N–H and O–H groups in total. The molecule has 0 aliphatic heterocycles. The molecule has 0 aromatic heterocycles. The first kappa shape index (κ1) is 9.21. The van der Waals surface area contributed by atoms with Crippen molar-refractivity contribution in [3.8, 4) is 0 Å². The quantitative estimate of drug-likeness (QED) is 0.400. The van der Waals surface area contributed by atoms with Gasteiger partial charge in [-0.15, -0.1) is 0 Å². The summed E-state index contributed by atoms with van der Waals surface area (Å²) in [5.74, 6) is 0. The molecule has 0 spiro atoms. The third kappa shape index (κ3) is 11.8. The molecule has 30 valence electrons. The molecule has 0 unspecified atom stereocenters. The van der Waals surface area contributed by atoms with Gasteiger partial charge in [0.05, 0.1) is 0 Å². The lowest BCUT2D eigenvalue weighted by molar-refractivity contribution is 0.215. The SMILES string of the molecule is CCOC.[MgH2]. The highest BCUT2D eigenvalue weighted by Crippen LogP contribution is 1.52. The van der Waals surface area contributed by atoms with E-state index in [4.69, 9.17) is 0 Å². The normalized spacial score (nSPS) is 6.00. The summed E-state index contributed by atoms with van der Waals surface area (Å²) in [4.78, 5) is 0. The molecule has 0 aliphatic carbocycles. The molecule has 0 aromatic carbocycles. The summed E-state index contributed by atoms with van der Waals surface area (Å²) in [7, 11) is 1.68. The summed E-state index contributed by atoms with van der Waals surface area (Å²) in [5.41, 5.74) is 0. The van der Waals surface area contributed by atoms with Crippen LogP contribution in [0.3, 0.4) is 0 Å². The Morgan fingerprint density at radius 2 is 1.80 bits per heavy atom. The van der Waals surface area contributed by atoms with Gasteiger partial charge in [0.25, 0.3) is 0 Å². The van der Waals surface area contributed by atoms with Gasteiger partial charge >= 0.3 is 23.1 Å². The smallest absolute Gasteiger partial charge is 0.316 e. The summed E-state index contributed by atoms with van der Waals surface area (Å²) in [6.45, 7) is 2.78. The number of methoxy groups -OCH3 is 1. The van der Waals surface area contributed by atoms with Crippen molar-refractivity contribution in [1.82, 2.24) is 0 Å². The Bertz CT molecular complexity index is 8.85. The minimum Gasteiger partial charge on any atom is -0.385 e. The van der Waals surface area contributed by atoms with Gasteiger partial charge in [0.2, 0.25) is 0 Å². The van der Waals surface area contributed by atoms with Crippen molar-refractivity contribution in [2.24, 2.45) is 0 Å². The van der Waals surface area contributed by atoms with E-state index in [0.29, 0.717) is 0 Å². The first-order valence-corrected chi connectivity index (χ1v) is 1.40. The zero-order valence-corrected chi connectivity index (χ0v) is 3.12. The average Bonchev–Trinajstić information content (AvgIpc) is 1.37. The Morgan fingerprint density at radius 3 is 1.80 bits per heavy atom. The fourth-order valence-corrected chi connectivity index (χ4v) is 0. The van der Waals surface area contributed by atoms with Crippen molar-refractivity contribution in [1.29, 1.82) is 0 Å². The number of hydrogen-bond acceptors (Lipinski definition) is 1. The summed E-state index contributed by atoms with van der Waals surface area (Å²) < 4.78 is 4.54. The predicted molar refractivity (Wildman–Crippen MR) is 26.1 cm³/mol. The Morgan fingerprint density at radius 1 is 1.60 bits per heavy atom. The predicted octanol–water partition coefficient (Wildman–Crippen LogP) is -0.263. The van der Waals surface area contributed by atoms with E-state index in [0.717, 1.165) is 6.61 Å². The second-order valence-corrected chi connectivity index (χ2v) is 0.577. The highest BCUT2D eigenvalue weighted by atomic mass is 24.3. The molecule has 0 aliphatic rings. The van der Waals surface area contributed by atoms with E-state index in [1.807, 2.05) is 6.92 Å². The van der Waals surface area contributed by atoms with Crippen LogP contribution in [0.15, 0.2) is 0 Å². The van der Waals surface area contributed by atoms with Crippen molar-refractivity contribution in [3.63, 3.8) is 0 Å². The molecule has 0 heterocycles. The third-order valence-electron chi connectivity index (χ3n) is 0.289. The minimum absolute atomic E-state index is 0. The van der Waals surface area contributed by atoms with Crippen LogP contribution in [0.25, 0.3) is 0 Å². The van der Waals surface area contributed by atoms with Gasteiger partial charge in [0.15, 0.2) is 0 Å². The second-order valence-electron chi connectivity index (χ2n) is 0.577. The fourth-order valence-electron chi connectivity index (χ4n) is 0. The maximum absolute atomic E-state index is 4.54. The van der Waals surface area contributed by atoms with Gasteiger partial charge in [-0.25, -0.2) is 0 Å². The Labute approximate surface area is 48.9 Å². The molecule has 5 heavy (non-hydrogen) atoms. The monoisotopic (exact) mass is 86.1 g/mol. The van der Waals surface area contributed by atoms with Crippen molar-refractivity contribution < 1.29 is 4.74 Å². The summed E-state index contributed by atoms with van der Waals surface area (Å²) in [5, 5.41) is 0. The summed E-state index contributed by atoms with van der Waals surface area (Å²) in [6.07, 6.45) is 0. The highest BCUT2D eigenvalue weighted by Gasteiger charge is 1.51. The van der Waals surface area contributed by atoms with Crippen LogP contribution in [0.5, 0.6) is 0 Å². The fraction of sp³-hybridized carbons (Fsp3) is 1.00. The lowest BCUT2D eigenvalue weighted by atomic mass is 10.9. The van der Waals surface area contributed by atoms with Crippen LogP contribution in [0.1, 0.15) is 6.92 Å². The van der Waals surface area contributed by atoms with Crippen molar-refractivity contribution in [3.05, 3.63) is 0 Å². The number of hydrogen-bond donors (Lipinski definition) is 0. The van der Waals surface area contributed by atoms with Crippen LogP contribution in [0, 0.1) is 0 Å². The van der Waals surface area contributed by atoms with E-state index in [9.17, 15) is 0 Å². The molecule has 0 saturated heterocycles. The van der Waals surface area contributed by atoms with Gasteiger partial charge in [-0.2, -0.15) is 0 Å². The molecule has 0 aromatic rings. The molecule has 2 heteroatoms. The molecule has 0 radical (unpaired) electrons. The van der Waals surface area contributed by atoms with Gasteiger partial charge in [0.1, 0.15) is 0 Å². The van der Waals surface area contributed by atoms with Gasteiger partial charge in [-0.3, -0.25) is 0 Å². The first-order valence-electron chi connectivity index (χ1n) is 1.40. The summed E-state index contributed by atoms with van der Waals surface area (Å²) >= 11 is 0. The molecule has 0 bridgehead atoms. The molecular formula is C3H10MgO. The van der Waals surface area contributed by atoms with E-state index >= 15 is 0 Å². The lowest BCUT2D eigenvalue weighted by Crippen LogP contribution is -1.73. The van der Waals surface area contributed by atoms with Crippen LogP contribution < -0.4 is 0 Å². The largest absolute Gasteiger partial charge is 0.385 e. The van der Waals surface area contributed by atoms with Gasteiger partial charge in [0, 0.05) is 13.7 Å². The Hall–Kier alpha value is 0.726. The standard InChI is InChI=1S/C3H8O.Mg.2H/c1-3-4-2;;;/h3H2,1-2H3;;;. The van der Waals surface area contributed by atoms with E-state index in [2.05, 4.69) is 4.74 Å². The lowest BCUT2D eigenvalue weighted by Gasteiger charge is -1.76. The zero-order valence-electron chi connectivity index (χ0n) is 3.12. The van der Waals surface area contributed by atoms with Crippen molar-refractivity contribution >= 4 is 23.1 Å². The van der Waals surface area contributed by atoms with E-state index in [1.165, 1.54) is 0 Å². The maximum atomic E-state index is 4.54. The highest BCUT2D eigenvalue weighted by molar-refractivity contribution is 5.75. The molecular weight excluding hydrogens is 76.3 g/mol. The molecule has 0 amide bonds. The Balaban J connectivity index is 0. The van der Waals surface area contributed by atoms with Crippen LogP contribution >= 0.6 is 0 Å². The molecule has 0 saturated carbocycles. The third-order valence-corrected chi connectivity index (χ3v) is 0.289. The van der Waals surface area contributed by atoms with E-state index in [-0.39, 0.29) is 23.1 Å². The maximum Gasteiger partial charge on any atom is 0.316 e. The first-order chi connectivity index (χ1) is 1.91. The molecule has 0 fully saturated rings.